The van der Waals surface area contributed by atoms with Crippen LogP contribution in [0.25, 0.3) is 22.4 Å². The maximum absolute atomic E-state index is 11.3. The van der Waals surface area contributed by atoms with Crippen molar-refractivity contribution in [2.75, 3.05) is 0 Å². The Bertz CT molecular complexity index is 1180. The molecule has 28 heavy (non-hydrogen) atoms. The van der Waals surface area contributed by atoms with Gasteiger partial charge in [-0.25, -0.2) is 4.98 Å². The maximum atomic E-state index is 11.3. The van der Waals surface area contributed by atoms with Crippen molar-refractivity contribution in [2.24, 2.45) is 0 Å². The highest BCUT2D eigenvalue weighted by Gasteiger charge is 2.21. The van der Waals surface area contributed by atoms with Crippen LogP contribution in [0.1, 0.15) is 0 Å². The second kappa shape index (κ2) is 6.80. The molecule has 9 nitrogen and oxygen atoms in total. The van der Waals surface area contributed by atoms with Gasteiger partial charge in [0.1, 0.15) is 11.6 Å². The standard InChI is InChI=1S/C19H12N4O5/c24-22(25)13-8-9-18(17(11-13)23(26)27)28-14-5-3-4-12(10-14)19-20-15-6-1-2-7-16(15)21-19/h1-11H,(H,20,21). The fraction of sp³-hybridized carbons (Fsp3) is 0. The topological polar surface area (TPSA) is 124 Å². The lowest BCUT2D eigenvalue weighted by atomic mass is 10.2. The number of para-hydroxylation sites is 2. The molecule has 0 aliphatic heterocycles. The number of nitro benzene ring substituents is 2. The van der Waals surface area contributed by atoms with Gasteiger partial charge in [-0.15, -0.1) is 0 Å². The zero-order valence-electron chi connectivity index (χ0n) is 14.2. The molecular formula is C19H12N4O5. The lowest BCUT2D eigenvalue weighted by Gasteiger charge is -2.07. The normalized spacial score (nSPS) is 10.7. The van der Waals surface area contributed by atoms with E-state index in [2.05, 4.69) is 9.97 Å². The third-order valence-corrected chi connectivity index (χ3v) is 4.07. The number of aromatic amines is 1. The summed E-state index contributed by atoms with van der Waals surface area (Å²) in [5.74, 6) is 0.886. The number of nitro groups is 2. The first-order valence-corrected chi connectivity index (χ1v) is 8.17. The van der Waals surface area contributed by atoms with Gasteiger partial charge in [-0.2, -0.15) is 0 Å². The summed E-state index contributed by atoms with van der Waals surface area (Å²) in [4.78, 5) is 28.4. The minimum Gasteiger partial charge on any atom is -0.450 e. The molecule has 1 aromatic heterocycles. The van der Waals surface area contributed by atoms with Gasteiger partial charge in [0.25, 0.3) is 5.69 Å². The highest BCUT2D eigenvalue weighted by atomic mass is 16.6. The number of benzene rings is 3. The Kier molecular flexibility index (Phi) is 4.17. The lowest BCUT2D eigenvalue weighted by molar-refractivity contribution is -0.394. The molecular weight excluding hydrogens is 364 g/mol. The zero-order chi connectivity index (χ0) is 19.7. The third kappa shape index (κ3) is 3.23. The van der Waals surface area contributed by atoms with Crippen LogP contribution in [0.3, 0.4) is 0 Å². The Balaban J connectivity index is 1.69. The molecule has 0 atom stereocenters. The van der Waals surface area contributed by atoms with Crippen LogP contribution in [0, 0.1) is 20.2 Å². The van der Waals surface area contributed by atoms with E-state index in [0.717, 1.165) is 28.7 Å². The van der Waals surface area contributed by atoms with E-state index in [1.165, 1.54) is 6.07 Å². The summed E-state index contributed by atoms with van der Waals surface area (Å²) in [5.41, 5.74) is 1.57. The lowest BCUT2D eigenvalue weighted by Crippen LogP contribution is -1.96. The van der Waals surface area contributed by atoms with Crippen LogP contribution in [0.15, 0.2) is 66.7 Å². The van der Waals surface area contributed by atoms with E-state index in [1.54, 1.807) is 18.2 Å². The van der Waals surface area contributed by atoms with Crippen molar-refractivity contribution in [1.29, 1.82) is 0 Å². The van der Waals surface area contributed by atoms with E-state index in [4.69, 9.17) is 4.74 Å². The second-order valence-electron chi connectivity index (χ2n) is 5.90. The van der Waals surface area contributed by atoms with E-state index >= 15 is 0 Å². The number of aromatic nitrogens is 2. The van der Waals surface area contributed by atoms with Gasteiger partial charge in [-0.1, -0.05) is 24.3 Å². The average Bonchev–Trinajstić information content (AvgIpc) is 3.12. The summed E-state index contributed by atoms with van der Waals surface area (Å²) < 4.78 is 5.64. The molecule has 0 saturated carbocycles. The number of nitrogens with one attached hydrogen (secondary N) is 1. The van der Waals surface area contributed by atoms with E-state index in [-0.39, 0.29) is 11.4 Å². The molecule has 0 spiro atoms. The van der Waals surface area contributed by atoms with Crippen molar-refractivity contribution in [3.63, 3.8) is 0 Å². The van der Waals surface area contributed by atoms with E-state index in [9.17, 15) is 20.2 Å². The number of hydrogen-bond donors (Lipinski definition) is 1. The molecule has 138 valence electrons. The Hall–Kier alpha value is -4.27. The monoisotopic (exact) mass is 376 g/mol. The van der Waals surface area contributed by atoms with Crippen LogP contribution in [0.4, 0.5) is 11.4 Å². The van der Waals surface area contributed by atoms with E-state index in [0.29, 0.717) is 11.6 Å². The second-order valence-corrected chi connectivity index (χ2v) is 5.90. The van der Waals surface area contributed by atoms with Crippen LogP contribution in [0.2, 0.25) is 0 Å². The van der Waals surface area contributed by atoms with Gasteiger partial charge in [0.2, 0.25) is 5.75 Å². The van der Waals surface area contributed by atoms with Crippen molar-refractivity contribution in [1.82, 2.24) is 9.97 Å². The molecule has 0 aliphatic rings. The predicted molar refractivity (Wildman–Crippen MR) is 101 cm³/mol. The molecule has 0 bridgehead atoms. The van der Waals surface area contributed by atoms with Gasteiger partial charge in [-0.05, 0) is 30.3 Å². The van der Waals surface area contributed by atoms with Crippen LogP contribution in [0.5, 0.6) is 11.5 Å². The zero-order valence-corrected chi connectivity index (χ0v) is 14.2. The van der Waals surface area contributed by atoms with Crippen molar-refractivity contribution in [3.8, 4) is 22.9 Å². The number of non-ortho nitro benzene ring substituents is 1. The average molecular weight is 376 g/mol. The highest BCUT2D eigenvalue weighted by molar-refractivity contribution is 5.79. The molecule has 1 N–H and O–H groups in total. The van der Waals surface area contributed by atoms with Crippen LogP contribution < -0.4 is 4.74 Å². The first kappa shape index (κ1) is 17.2. The first-order chi connectivity index (χ1) is 13.5. The van der Waals surface area contributed by atoms with Crippen LogP contribution in [-0.4, -0.2) is 19.8 Å². The molecule has 0 radical (unpaired) electrons. The highest BCUT2D eigenvalue weighted by Crippen LogP contribution is 2.35. The fourth-order valence-corrected chi connectivity index (χ4v) is 2.77. The Morgan fingerprint density at radius 1 is 0.893 bits per heavy atom. The number of hydrogen-bond acceptors (Lipinski definition) is 6. The van der Waals surface area contributed by atoms with Crippen molar-refractivity contribution in [3.05, 3.63) is 87.0 Å². The Morgan fingerprint density at radius 2 is 1.71 bits per heavy atom. The third-order valence-electron chi connectivity index (χ3n) is 4.07. The number of fused-ring (bicyclic) bond motifs is 1. The van der Waals surface area contributed by atoms with Crippen LogP contribution >= 0.6 is 0 Å². The summed E-state index contributed by atoms with van der Waals surface area (Å²) in [6.45, 7) is 0. The van der Waals surface area contributed by atoms with Crippen molar-refractivity contribution >= 4 is 22.4 Å². The molecule has 3 aromatic carbocycles. The summed E-state index contributed by atoms with van der Waals surface area (Å²) in [6.07, 6.45) is 0. The number of rotatable bonds is 5. The number of H-pyrrole nitrogens is 1. The van der Waals surface area contributed by atoms with E-state index < -0.39 is 15.5 Å². The molecule has 0 saturated heterocycles. The Labute approximate surface area is 157 Å². The summed E-state index contributed by atoms with van der Waals surface area (Å²) in [5, 5.41) is 22.1. The smallest absolute Gasteiger partial charge is 0.318 e. The molecule has 0 fully saturated rings. The Morgan fingerprint density at radius 3 is 2.46 bits per heavy atom. The minimum absolute atomic E-state index is 0.0858. The fourth-order valence-electron chi connectivity index (χ4n) is 2.77. The molecule has 1 heterocycles. The first-order valence-electron chi connectivity index (χ1n) is 8.17. The van der Waals surface area contributed by atoms with Crippen LogP contribution in [-0.2, 0) is 0 Å². The molecule has 4 rings (SSSR count). The number of nitrogens with zero attached hydrogens (tertiary/aromatic N) is 3. The van der Waals surface area contributed by atoms with Gasteiger partial charge >= 0.3 is 5.69 Å². The van der Waals surface area contributed by atoms with Gasteiger partial charge in [0.15, 0.2) is 0 Å². The van der Waals surface area contributed by atoms with Crippen molar-refractivity contribution < 1.29 is 14.6 Å². The van der Waals surface area contributed by atoms with Gasteiger partial charge < -0.3 is 9.72 Å². The summed E-state index contributed by atoms with van der Waals surface area (Å²) >= 11 is 0. The maximum Gasteiger partial charge on any atom is 0.318 e. The van der Waals surface area contributed by atoms with Gasteiger partial charge in [0, 0.05) is 11.6 Å². The molecule has 0 aliphatic carbocycles. The van der Waals surface area contributed by atoms with Crippen molar-refractivity contribution in [2.45, 2.75) is 0 Å². The molecule has 0 amide bonds. The molecule has 9 heteroatoms. The van der Waals surface area contributed by atoms with E-state index in [1.807, 2.05) is 30.3 Å². The minimum atomic E-state index is -0.717. The quantitative estimate of drug-likeness (QED) is 0.392. The summed E-state index contributed by atoms with van der Waals surface area (Å²) in [6, 6.07) is 17.7. The van der Waals surface area contributed by atoms with Gasteiger partial charge in [-0.3, -0.25) is 20.2 Å². The predicted octanol–water partition coefficient (Wildman–Crippen LogP) is 4.84. The summed E-state index contributed by atoms with van der Waals surface area (Å²) in [7, 11) is 0. The van der Waals surface area contributed by atoms with Gasteiger partial charge in [0.05, 0.1) is 26.9 Å². The molecule has 4 aromatic rings. The molecule has 0 unspecified atom stereocenters. The number of imidazole rings is 1. The largest absolute Gasteiger partial charge is 0.450 e. The SMILES string of the molecule is O=[N+]([O-])c1ccc(Oc2cccc(-c3nc4ccccc4[nH]3)c2)c([N+](=O)[O-])c1. The number of ether oxygens (including phenoxy) is 1.